The van der Waals surface area contributed by atoms with E-state index in [9.17, 15) is 9.18 Å². The van der Waals surface area contributed by atoms with Crippen LogP contribution < -0.4 is 0 Å². The monoisotopic (exact) mass is 322 g/mol. The second-order valence-electron chi connectivity index (χ2n) is 5.87. The average molecular weight is 322 g/mol. The number of nitrogens with zero attached hydrogens (tertiary/aromatic N) is 4. The van der Waals surface area contributed by atoms with Crippen LogP contribution >= 0.6 is 0 Å². The van der Waals surface area contributed by atoms with Gasteiger partial charge in [0, 0.05) is 42.7 Å². The van der Waals surface area contributed by atoms with Crippen LogP contribution in [0, 0.1) is 5.82 Å². The average Bonchev–Trinajstić information content (AvgIpc) is 3.14. The first-order valence-corrected chi connectivity index (χ1v) is 7.62. The molecule has 1 aliphatic heterocycles. The van der Waals surface area contributed by atoms with Gasteiger partial charge in [0.1, 0.15) is 5.82 Å². The number of halogens is 1. The van der Waals surface area contributed by atoms with Crippen molar-refractivity contribution in [1.29, 1.82) is 0 Å². The van der Waals surface area contributed by atoms with Crippen molar-refractivity contribution < 1.29 is 9.18 Å². The van der Waals surface area contributed by atoms with E-state index in [2.05, 4.69) is 10.1 Å². The van der Waals surface area contributed by atoms with E-state index in [0.29, 0.717) is 17.7 Å². The number of amides is 1. The van der Waals surface area contributed by atoms with Crippen LogP contribution in [0.5, 0.6) is 0 Å². The lowest BCUT2D eigenvalue weighted by Gasteiger charge is -2.15. The molecule has 4 rings (SSSR count). The second-order valence-corrected chi connectivity index (χ2v) is 5.87. The van der Waals surface area contributed by atoms with Crippen LogP contribution in [0.4, 0.5) is 4.39 Å². The molecule has 5 nitrogen and oxygen atoms in total. The summed E-state index contributed by atoms with van der Waals surface area (Å²) < 4.78 is 16.1. The lowest BCUT2D eigenvalue weighted by atomic mass is 10.1. The number of pyridine rings is 1. The zero-order valence-electron chi connectivity index (χ0n) is 13.1. The Kier molecular flexibility index (Phi) is 3.37. The van der Waals surface area contributed by atoms with Gasteiger partial charge in [-0.1, -0.05) is 18.2 Å². The van der Waals surface area contributed by atoms with Gasteiger partial charge in [-0.3, -0.25) is 14.5 Å². The maximum atomic E-state index is 14.4. The number of carbonyl (C=O) groups is 1. The van der Waals surface area contributed by atoms with E-state index in [4.69, 9.17) is 0 Å². The Labute approximate surface area is 138 Å². The van der Waals surface area contributed by atoms with Gasteiger partial charge >= 0.3 is 0 Å². The highest BCUT2D eigenvalue weighted by atomic mass is 19.1. The third-order valence-electron chi connectivity index (χ3n) is 4.19. The fourth-order valence-electron chi connectivity index (χ4n) is 2.93. The maximum absolute atomic E-state index is 14.4. The summed E-state index contributed by atoms with van der Waals surface area (Å²) in [5.41, 5.74) is 3.39. The molecule has 6 heteroatoms. The number of benzene rings is 1. The molecule has 0 unspecified atom stereocenters. The molecule has 0 atom stereocenters. The fourth-order valence-corrected chi connectivity index (χ4v) is 2.93. The number of hydrogen-bond acceptors (Lipinski definition) is 3. The number of hydrogen-bond donors (Lipinski definition) is 0. The van der Waals surface area contributed by atoms with E-state index in [1.54, 1.807) is 41.3 Å². The molecule has 0 saturated heterocycles. The van der Waals surface area contributed by atoms with Gasteiger partial charge in [-0.05, 0) is 17.7 Å². The standard InChI is InChI=1S/C18H15FN4O/c1-22-9-14(8-21-22)13-6-16(19)17(20-7-13)11-23-10-12-4-2-3-5-15(12)18(23)24/h2-9H,10-11H2,1H3. The van der Waals surface area contributed by atoms with E-state index in [1.807, 2.05) is 18.2 Å². The minimum Gasteiger partial charge on any atom is -0.328 e. The first-order valence-electron chi connectivity index (χ1n) is 7.62. The Morgan fingerprint density at radius 2 is 2.04 bits per heavy atom. The first kappa shape index (κ1) is 14.6. The minimum atomic E-state index is -0.417. The summed E-state index contributed by atoms with van der Waals surface area (Å²) in [5, 5.41) is 4.07. The Morgan fingerprint density at radius 3 is 2.75 bits per heavy atom. The Balaban J connectivity index is 1.57. The van der Waals surface area contributed by atoms with Crippen LogP contribution in [0.25, 0.3) is 11.1 Å². The third-order valence-corrected chi connectivity index (χ3v) is 4.19. The van der Waals surface area contributed by atoms with Crippen molar-refractivity contribution in [2.24, 2.45) is 7.05 Å². The largest absolute Gasteiger partial charge is 0.328 e. The summed E-state index contributed by atoms with van der Waals surface area (Å²) in [5.74, 6) is -0.497. The number of rotatable bonds is 3. The molecular weight excluding hydrogens is 307 g/mol. The molecule has 3 aromatic rings. The van der Waals surface area contributed by atoms with Gasteiger partial charge in [0.15, 0.2) is 0 Å². The highest BCUT2D eigenvalue weighted by Crippen LogP contribution is 2.25. The summed E-state index contributed by atoms with van der Waals surface area (Å²) >= 11 is 0. The van der Waals surface area contributed by atoms with Crippen molar-refractivity contribution in [3.05, 3.63) is 71.6 Å². The Hall–Kier alpha value is -3.02. The summed E-state index contributed by atoms with van der Waals surface area (Å²) in [6.07, 6.45) is 5.08. The molecule has 0 fully saturated rings. The summed E-state index contributed by atoms with van der Waals surface area (Å²) in [6.45, 7) is 0.646. The molecule has 24 heavy (non-hydrogen) atoms. The van der Waals surface area contributed by atoms with Crippen LogP contribution in [-0.4, -0.2) is 25.6 Å². The van der Waals surface area contributed by atoms with Gasteiger partial charge in [0.05, 0.1) is 18.4 Å². The number of carbonyl (C=O) groups excluding carboxylic acids is 1. The molecule has 0 bridgehead atoms. The van der Waals surface area contributed by atoms with Gasteiger partial charge < -0.3 is 4.90 Å². The van der Waals surface area contributed by atoms with Gasteiger partial charge in [-0.2, -0.15) is 5.10 Å². The molecule has 1 amide bonds. The Morgan fingerprint density at radius 1 is 1.21 bits per heavy atom. The van der Waals surface area contributed by atoms with Crippen molar-refractivity contribution in [3.63, 3.8) is 0 Å². The molecule has 1 aliphatic rings. The molecule has 3 heterocycles. The highest BCUT2D eigenvalue weighted by Gasteiger charge is 2.27. The number of fused-ring (bicyclic) bond motifs is 1. The summed E-state index contributed by atoms with van der Waals surface area (Å²) in [4.78, 5) is 18.2. The molecule has 2 aromatic heterocycles. The number of aryl methyl sites for hydroxylation is 1. The van der Waals surface area contributed by atoms with Crippen molar-refractivity contribution in [2.75, 3.05) is 0 Å². The SMILES string of the molecule is Cn1cc(-c2cnc(CN3Cc4ccccc4C3=O)c(F)c2)cn1. The predicted octanol–water partition coefficient (Wildman–Crippen LogP) is 2.78. The van der Waals surface area contributed by atoms with Gasteiger partial charge in [0.25, 0.3) is 5.91 Å². The molecule has 0 N–H and O–H groups in total. The zero-order chi connectivity index (χ0) is 16.7. The number of aromatic nitrogens is 3. The topological polar surface area (TPSA) is 51.0 Å². The minimum absolute atomic E-state index is 0.0804. The van der Waals surface area contributed by atoms with Crippen molar-refractivity contribution in [3.8, 4) is 11.1 Å². The quantitative estimate of drug-likeness (QED) is 0.745. The zero-order valence-corrected chi connectivity index (χ0v) is 13.1. The molecule has 0 saturated carbocycles. The lowest BCUT2D eigenvalue weighted by Crippen LogP contribution is -2.24. The summed E-state index contributed by atoms with van der Waals surface area (Å²) in [6, 6.07) is 8.89. The molecule has 120 valence electrons. The molecular formula is C18H15FN4O. The third kappa shape index (κ3) is 2.46. The summed E-state index contributed by atoms with van der Waals surface area (Å²) in [7, 11) is 1.80. The molecule has 0 radical (unpaired) electrons. The molecule has 1 aromatic carbocycles. The van der Waals surface area contributed by atoms with Gasteiger partial charge in [-0.15, -0.1) is 0 Å². The van der Waals surface area contributed by atoms with Crippen LogP contribution in [0.15, 0.2) is 48.9 Å². The predicted molar refractivity (Wildman–Crippen MR) is 86.4 cm³/mol. The molecule has 0 spiro atoms. The smallest absolute Gasteiger partial charge is 0.254 e. The van der Waals surface area contributed by atoms with Crippen molar-refractivity contribution >= 4 is 5.91 Å². The first-order chi connectivity index (χ1) is 11.6. The van der Waals surface area contributed by atoms with E-state index < -0.39 is 5.82 Å². The van der Waals surface area contributed by atoms with E-state index >= 15 is 0 Å². The van der Waals surface area contributed by atoms with Crippen LogP contribution in [0.2, 0.25) is 0 Å². The van der Waals surface area contributed by atoms with Gasteiger partial charge in [0.2, 0.25) is 0 Å². The van der Waals surface area contributed by atoms with Crippen LogP contribution in [0.1, 0.15) is 21.6 Å². The van der Waals surface area contributed by atoms with Crippen molar-refractivity contribution in [1.82, 2.24) is 19.7 Å². The lowest BCUT2D eigenvalue weighted by molar-refractivity contribution is 0.0763. The van der Waals surface area contributed by atoms with E-state index in [0.717, 1.165) is 11.1 Å². The van der Waals surface area contributed by atoms with E-state index in [1.165, 1.54) is 6.07 Å². The van der Waals surface area contributed by atoms with Gasteiger partial charge in [-0.25, -0.2) is 4.39 Å². The fraction of sp³-hybridized carbons (Fsp3) is 0.167. The normalized spacial score (nSPS) is 13.4. The highest BCUT2D eigenvalue weighted by molar-refractivity contribution is 5.98. The van der Waals surface area contributed by atoms with E-state index in [-0.39, 0.29) is 18.1 Å². The van der Waals surface area contributed by atoms with Crippen LogP contribution in [0.3, 0.4) is 0 Å². The molecule has 0 aliphatic carbocycles. The Bertz CT molecular complexity index is 934. The maximum Gasteiger partial charge on any atom is 0.254 e. The van der Waals surface area contributed by atoms with Crippen LogP contribution in [-0.2, 0) is 20.1 Å². The van der Waals surface area contributed by atoms with Crippen molar-refractivity contribution in [2.45, 2.75) is 13.1 Å². The second kappa shape index (κ2) is 5.56.